The van der Waals surface area contributed by atoms with Crippen LogP contribution in [0.1, 0.15) is 63.5 Å². The summed E-state index contributed by atoms with van der Waals surface area (Å²) in [5.41, 5.74) is 4.06. The molecule has 2 aliphatic rings. The molecule has 1 aliphatic heterocycles. The number of esters is 1. The molecule has 2 aromatic carbocycles. The summed E-state index contributed by atoms with van der Waals surface area (Å²) < 4.78 is 11.5. The van der Waals surface area contributed by atoms with Gasteiger partial charge in [-0.1, -0.05) is 48.5 Å². The number of nitrogens with zero attached hydrogens (tertiary/aromatic N) is 1. The van der Waals surface area contributed by atoms with E-state index in [1.54, 1.807) is 6.92 Å². The van der Waals surface area contributed by atoms with Gasteiger partial charge in [-0.25, -0.2) is 0 Å². The number of hydrogen-bond donors (Lipinski definition) is 0. The minimum Gasteiger partial charge on any atom is -0.491 e. The smallest absolute Gasteiger partial charge is 0.315 e. The lowest BCUT2D eigenvalue weighted by molar-refractivity contribution is -0.146. The van der Waals surface area contributed by atoms with Crippen LogP contribution in [0.5, 0.6) is 5.75 Å². The Balaban J connectivity index is 1.84. The first-order chi connectivity index (χ1) is 15.9. The Morgan fingerprint density at radius 1 is 1.06 bits per heavy atom. The number of benzene rings is 2. The lowest BCUT2D eigenvalue weighted by atomic mass is 9.69. The van der Waals surface area contributed by atoms with E-state index in [0.29, 0.717) is 29.9 Å². The minimum absolute atomic E-state index is 0.0384. The Kier molecular flexibility index (Phi) is 6.77. The van der Waals surface area contributed by atoms with Crippen LogP contribution in [-0.2, 0) is 14.3 Å². The van der Waals surface area contributed by atoms with Gasteiger partial charge in [0.25, 0.3) is 0 Å². The summed E-state index contributed by atoms with van der Waals surface area (Å²) >= 11 is 0. The van der Waals surface area contributed by atoms with Crippen LogP contribution in [-0.4, -0.2) is 30.2 Å². The molecule has 4 rings (SSSR count). The molecule has 1 aliphatic carbocycles. The van der Waals surface area contributed by atoms with Crippen molar-refractivity contribution in [1.29, 1.82) is 0 Å². The predicted molar refractivity (Wildman–Crippen MR) is 129 cm³/mol. The Hall–Kier alpha value is -3.21. The molecule has 5 heteroatoms. The maximum atomic E-state index is 13.6. The Morgan fingerprint density at radius 2 is 1.76 bits per heavy atom. The van der Waals surface area contributed by atoms with Gasteiger partial charge in [-0.3, -0.25) is 14.6 Å². The highest BCUT2D eigenvalue weighted by Crippen LogP contribution is 2.48. The molecular weight excluding hydrogens is 414 g/mol. The van der Waals surface area contributed by atoms with Crippen molar-refractivity contribution in [3.05, 3.63) is 77.0 Å². The first kappa shape index (κ1) is 23.0. The summed E-state index contributed by atoms with van der Waals surface area (Å²) in [6.07, 6.45) is 1.03. The van der Waals surface area contributed by atoms with E-state index in [2.05, 4.69) is 12.1 Å². The molecule has 33 heavy (non-hydrogen) atoms. The third kappa shape index (κ3) is 4.63. The molecule has 2 aromatic rings. The zero-order chi connectivity index (χ0) is 23.5. The van der Waals surface area contributed by atoms with E-state index in [1.165, 1.54) is 0 Å². The molecular formula is C28H31NO4. The predicted octanol–water partition coefficient (Wildman–Crippen LogP) is 5.61. The summed E-state index contributed by atoms with van der Waals surface area (Å²) in [7, 11) is 0. The lowest BCUT2D eigenvalue weighted by Crippen LogP contribution is -2.38. The van der Waals surface area contributed by atoms with Crippen LogP contribution in [0.2, 0.25) is 0 Å². The van der Waals surface area contributed by atoms with E-state index in [0.717, 1.165) is 16.8 Å². The van der Waals surface area contributed by atoms with Crippen LogP contribution >= 0.6 is 0 Å². The van der Waals surface area contributed by atoms with Crippen molar-refractivity contribution < 1.29 is 19.1 Å². The second-order valence-electron chi connectivity index (χ2n) is 8.96. The van der Waals surface area contributed by atoms with Crippen molar-refractivity contribution in [2.45, 2.75) is 58.5 Å². The molecule has 1 unspecified atom stereocenters. The molecule has 0 N–H and O–H groups in total. The fraction of sp³-hybridized carbons (Fsp3) is 0.393. The number of para-hydroxylation sites is 1. The van der Waals surface area contributed by atoms with Gasteiger partial charge in [-0.15, -0.1) is 0 Å². The third-order valence-electron chi connectivity index (χ3n) is 6.32. The molecule has 0 fully saturated rings. The van der Waals surface area contributed by atoms with Gasteiger partial charge in [0.05, 0.1) is 12.7 Å². The van der Waals surface area contributed by atoms with Gasteiger partial charge < -0.3 is 9.47 Å². The summed E-state index contributed by atoms with van der Waals surface area (Å²) in [5.74, 6) is -0.677. The highest BCUT2D eigenvalue weighted by molar-refractivity contribution is 6.09. The summed E-state index contributed by atoms with van der Waals surface area (Å²) in [6, 6.07) is 17.8. The molecule has 0 saturated carbocycles. The highest BCUT2D eigenvalue weighted by Gasteiger charge is 2.45. The quantitative estimate of drug-likeness (QED) is 0.542. The van der Waals surface area contributed by atoms with Crippen molar-refractivity contribution in [3.8, 4) is 5.75 Å². The monoisotopic (exact) mass is 445 g/mol. The normalized spacial score (nSPS) is 22.6. The number of Topliss-reactive ketones (excluding diaryl/α,β-unsaturated/α-hetero) is 1. The lowest BCUT2D eigenvalue weighted by Gasteiger charge is -2.37. The maximum absolute atomic E-state index is 13.6. The number of aliphatic imine (C=N–C) groups is 1. The average molecular weight is 446 g/mol. The second-order valence-corrected chi connectivity index (χ2v) is 8.96. The number of allylic oxidation sites excluding steroid dienone is 2. The van der Waals surface area contributed by atoms with E-state index >= 15 is 0 Å². The van der Waals surface area contributed by atoms with Crippen LogP contribution in [0.3, 0.4) is 0 Å². The number of hydrogen-bond acceptors (Lipinski definition) is 5. The fourth-order valence-electron chi connectivity index (χ4n) is 4.99. The standard InChI is InChI=1S/C28H31NO4/c1-5-32-28(31)25-18(4)29-22-15-20(19-11-7-6-8-12-19)16-23(30)27(22)26(25)21-13-9-10-14-24(21)33-17(2)3/h6-14,17,20,25-26H,5,15-16H2,1-4H3/t20-,25?,26-/m0/s1. The van der Waals surface area contributed by atoms with Gasteiger partial charge in [0.2, 0.25) is 0 Å². The number of carbonyl (C=O) groups is 2. The average Bonchev–Trinajstić information content (AvgIpc) is 2.78. The van der Waals surface area contributed by atoms with E-state index in [4.69, 9.17) is 14.5 Å². The highest BCUT2D eigenvalue weighted by atomic mass is 16.5. The van der Waals surface area contributed by atoms with E-state index in [-0.39, 0.29) is 30.4 Å². The molecule has 0 aromatic heterocycles. The van der Waals surface area contributed by atoms with Gasteiger partial charge in [0.1, 0.15) is 11.7 Å². The Bertz CT molecular complexity index is 1100. The van der Waals surface area contributed by atoms with Crippen molar-refractivity contribution in [3.63, 3.8) is 0 Å². The molecule has 3 atom stereocenters. The number of rotatable bonds is 6. The molecule has 0 saturated heterocycles. The molecule has 0 spiro atoms. The van der Waals surface area contributed by atoms with Crippen LogP contribution in [0, 0.1) is 5.92 Å². The number of carbonyl (C=O) groups excluding carboxylic acids is 2. The Labute approximate surface area is 195 Å². The van der Waals surface area contributed by atoms with Gasteiger partial charge in [-0.05, 0) is 51.7 Å². The summed E-state index contributed by atoms with van der Waals surface area (Å²) in [4.78, 5) is 31.6. The van der Waals surface area contributed by atoms with E-state index in [1.807, 2.05) is 63.2 Å². The largest absolute Gasteiger partial charge is 0.491 e. The fourth-order valence-corrected chi connectivity index (χ4v) is 4.99. The molecule has 172 valence electrons. The number of ketones is 1. The number of ether oxygens (including phenoxy) is 2. The first-order valence-electron chi connectivity index (χ1n) is 11.7. The van der Waals surface area contributed by atoms with Crippen LogP contribution in [0.15, 0.2) is 70.9 Å². The van der Waals surface area contributed by atoms with Crippen LogP contribution in [0.25, 0.3) is 0 Å². The zero-order valence-electron chi connectivity index (χ0n) is 19.7. The summed E-state index contributed by atoms with van der Waals surface area (Å²) in [5, 5.41) is 0. The van der Waals surface area contributed by atoms with Gasteiger partial charge in [-0.2, -0.15) is 0 Å². The molecule has 0 bridgehead atoms. The van der Waals surface area contributed by atoms with Crippen LogP contribution < -0.4 is 4.74 Å². The van der Waals surface area contributed by atoms with Crippen molar-refractivity contribution in [1.82, 2.24) is 0 Å². The SMILES string of the molecule is CCOC(=O)C1C(C)=NC2=C(C(=O)C[C@@H](c3ccccc3)C2)[C@H]1c1ccccc1OC(C)C. The molecule has 0 radical (unpaired) electrons. The summed E-state index contributed by atoms with van der Waals surface area (Å²) in [6.45, 7) is 7.86. The van der Waals surface area contributed by atoms with Crippen molar-refractivity contribution >= 4 is 17.5 Å². The maximum Gasteiger partial charge on any atom is 0.315 e. The van der Waals surface area contributed by atoms with Gasteiger partial charge in [0, 0.05) is 34.9 Å². The first-order valence-corrected chi connectivity index (χ1v) is 11.7. The minimum atomic E-state index is -0.655. The molecule has 0 amide bonds. The van der Waals surface area contributed by atoms with Crippen molar-refractivity contribution in [2.75, 3.05) is 6.61 Å². The second kappa shape index (κ2) is 9.74. The van der Waals surface area contributed by atoms with E-state index in [9.17, 15) is 9.59 Å². The molecule has 1 heterocycles. The Morgan fingerprint density at radius 3 is 2.45 bits per heavy atom. The van der Waals surface area contributed by atoms with Gasteiger partial charge in [0.15, 0.2) is 5.78 Å². The topological polar surface area (TPSA) is 65.0 Å². The zero-order valence-corrected chi connectivity index (χ0v) is 19.7. The van der Waals surface area contributed by atoms with E-state index < -0.39 is 11.8 Å². The van der Waals surface area contributed by atoms with Crippen LogP contribution in [0.4, 0.5) is 0 Å². The molecule has 5 nitrogen and oxygen atoms in total. The van der Waals surface area contributed by atoms with Gasteiger partial charge >= 0.3 is 5.97 Å². The van der Waals surface area contributed by atoms with Crippen molar-refractivity contribution in [2.24, 2.45) is 10.9 Å². The third-order valence-corrected chi connectivity index (χ3v) is 6.32.